The van der Waals surface area contributed by atoms with Crippen LogP contribution in [0.3, 0.4) is 0 Å². The highest BCUT2D eigenvalue weighted by Gasteiger charge is 2.30. The summed E-state index contributed by atoms with van der Waals surface area (Å²) in [5.74, 6) is -0.149. The van der Waals surface area contributed by atoms with Gasteiger partial charge in [0.15, 0.2) is 5.11 Å². The van der Waals surface area contributed by atoms with Crippen LogP contribution in [0.25, 0.3) is 6.08 Å². The summed E-state index contributed by atoms with van der Waals surface area (Å²) in [7, 11) is 0. The number of nitrogens with one attached hydrogen (secondary N) is 1. The Labute approximate surface area is 138 Å². The second-order valence-corrected chi connectivity index (χ2v) is 5.62. The summed E-state index contributed by atoms with van der Waals surface area (Å²) in [6, 6.07) is 11.0. The molecule has 0 aliphatic carbocycles. The Hall–Kier alpha value is -2.24. The molecular formula is C16H12ClN3OS. The number of amides is 1. The van der Waals surface area contributed by atoms with Gasteiger partial charge in [0.2, 0.25) is 0 Å². The van der Waals surface area contributed by atoms with E-state index in [1.165, 1.54) is 4.90 Å². The molecule has 1 amide bonds. The Morgan fingerprint density at radius 3 is 2.73 bits per heavy atom. The number of hydrogen-bond acceptors (Lipinski definition) is 3. The predicted octanol–water partition coefficient (Wildman–Crippen LogP) is 2.99. The first-order valence-electron chi connectivity index (χ1n) is 6.62. The maximum Gasteiger partial charge on any atom is 0.276 e. The van der Waals surface area contributed by atoms with Crippen molar-refractivity contribution in [1.82, 2.24) is 15.2 Å². The van der Waals surface area contributed by atoms with Crippen LogP contribution in [-0.2, 0) is 11.3 Å². The number of thiocarbonyl (C=S) groups is 1. The van der Waals surface area contributed by atoms with Crippen LogP contribution < -0.4 is 5.32 Å². The van der Waals surface area contributed by atoms with Crippen LogP contribution in [0.2, 0.25) is 5.02 Å². The molecule has 0 atom stereocenters. The highest BCUT2D eigenvalue weighted by atomic mass is 35.5. The number of rotatable bonds is 3. The maximum atomic E-state index is 12.5. The third kappa shape index (κ3) is 3.16. The van der Waals surface area contributed by atoms with Gasteiger partial charge in [-0.05, 0) is 47.6 Å². The third-order valence-corrected chi connectivity index (χ3v) is 3.78. The van der Waals surface area contributed by atoms with Crippen molar-refractivity contribution in [3.05, 3.63) is 70.6 Å². The standard InChI is InChI=1S/C16H12ClN3OS/c17-13-5-3-11(4-6-13)8-14-15(21)20(16(22)19-14)10-12-2-1-7-18-9-12/h1-9H,10H2,(H,19,22). The monoisotopic (exact) mass is 329 g/mol. The second-order valence-electron chi connectivity index (χ2n) is 4.79. The number of carbonyl (C=O) groups excluding carboxylic acids is 1. The minimum Gasteiger partial charge on any atom is -0.328 e. The van der Waals surface area contributed by atoms with Gasteiger partial charge in [-0.3, -0.25) is 14.7 Å². The summed E-state index contributed by atoms with van der Waals surface area (Å²) >= 11 is 11.1. The van der Waals surface area contributed by atoms with Gasteiger partial charge in [-0.2, -0.15) is 0 Å². The van der Waals surface area contributed by atoms with Crippen molar-refractivity contribution in [1.29, 1.82) is 0 Å². The number of aromatic nitrogens is 1. The number of benzene rings is 1. The molecule has 0 saturated carbocycles. The lowest BCUT2D eigenvalue weighted by atomic mass is 10.2. The zero-order valence-electron chi connectivity index (χ0n) is 11.5. The molecule has 1 fully saturated rings. The Balaban J connectivity index is 1.80. The van der Waals surface area contributed by atoms with E-state index < -0.39 is 0 Å². The lowest BCUT2D eigenvalue weighted by Gasteiger charge is -2.13. The molecule has 6 heteroatoms. The van der Waals surface area contributed by atoms with Crippen LogP contribution in [0.15, 0.2) is 54.5 Å². The molecule has 1 aromatic carbocycles. The summed E-state index contributed by atoms with van der Waals surface area (Å²) in [6.07, 6.45) is 5.17. The zero-order chi connectivity index (χ0) is 15.5. The first kappa shape index (κ1) is 14.7. The molecule has 0 spiro atoms. The molecule has 3 rings (SSSR count). The van der Waals surface area contributed by atoms with Gasteiger partial charge in [-0.15, -0.1) is 0 Å². The largest absolute Gasteiger partial charge is 0.328 e. The van der Waals surface area contributed by atoms with E-state index in [9.17, 15) is 4.79 Å². The van der Waals surface area contributed by atoms with Gasteiger partial charge in [0.25, 0.3) is 5.91 Å². The van der Waals surface area contributed by atoms with E-state index in [4.69, 9.17) is 23.8 Å². The van der Waals surface area contributed by atoms with Crippen LogP contribution in [0, 0.1) is 0 Å². The molecule has 1 aliphatic heterocycles. The number of pyridine rings is 1. The lowest BCUT2D eigenvalue weighted by Crippen LogP contribution is -2.30. The van der Waals surface area contributed by atoms with Gasteiger partial charge in [0.05, 0.1) is 6.54 Å². The number of carbonyl (C=O) groups is 1. The van der Waals surface area contributed by atoms with E-state index in [2.05, 4.69) is 10.3 Å². The van der Waals surface area contributed by atoms with Crippen molar-refractivity contribution in [3.8, 4) is 0 Å². The predicted molar refractivity (Wildman–Crippen MR) is 89.9 cm³/mol. The van der Waals surface area contributed by atoms with Gasteiger partial charge in [-0.1, -0.05) is 29.8 Å². The maximum absolute atomic E-state index is 12.5. The molecule has 4 nitrogen and oxygen atoms in total. The van der Waals surface area contributed by atoms with E-state index in [0.717, 1.165) is 11.1 Å². The van der Waals surface area contributed by atoms with Gasteiger partial charge < -0.3 is 5.32 Å². The molecule has 1 N–H and O–H groups in total. The van der Waals surface area contributed by atoms with E-state index in [-0.39, 0.29) is 5.91 Å². The minimum atomic E-state index is -0.149. The molecule has 0 bridgehead atoms. The van der Waals surface area contributed by atoms with Crippen molar-refractivity contribution < 1.29 is 4.79 Å². The number of nitrogens with zero attached hydrogens (tertiary/aromatic N) is 2. The Kier molecular flexibility index (Phi) is 4.18. The van der Waals surface area contributed by atoms with Crippen LogP contribution >= 0.6 is 23.8 Å². The van der Waals surface area contributed by atoms with Crippen LogP contribution in [0.4, 0.5) is 0 Å². The molecule has 0 unspecified atom stereocenters. The molecule has 1 aliphatic rings. The van der Waals surface area contributed by atoms with Gasteiger partial charge >= 0.3 is 0 Å². The van der Waals surface area contributed by atoms with E-state index in [0.29, 0.717) is 22.4 Å². The molecular weight excluding hydrogens is 318 g/mol. The molecule has 2 heterocycles. The lowest BCUT2D eigenvalue weighted by molar-refractivity contribution is -0.122. The summed E-state index contributed by atoms with van der Waals surface area (Å²) in [4.78, 5) is 18.0. The number of halogens is 1. The van der Waals surface area contributed by atoms with Crippen molar-refractivity contribution in [2.45, 2.75) is 6.54 Å². The van der Waals surface area contributed by atoms with Crippen molar-refractivity contribution in [2.24, 2.45) is 0 Å². The smallest absolute Gasteiger partial charge is 0.276 e. The zero-order valence-corrected chi connectivity index (χ0v) is 13.1. The van der Waals surface area contributed by atoms with Gasteiger partial charge in [0, 0.05) is 17.4 Å². The average Bonchev–Trinajstić information content (AvgIpc) is 2.78. The fraction of sp³-hybridized carbons (Fsp3) is 0.0625. The first-order valence-corrected chi connectivity index (χ1v) is 7.41. The Morgan fingerprint density at radius 2 is 2.05 bits per heavy atom. The SMILES string of the molecule is O=C1C(=Cc2ccc(Cl)cc2)NC(=S)N1Cc1cccnc1. The fourth-order valence-electron chi connectivity index (χ4n) is 2.12. The highest BCUT2D eigenvalue weighted by molar-refractivity contribution is 7.80. The quantitative estimate of drug-likeness (QED) is 0.694. The van der Waals surface area contributed by atoms with E-state index >= 15 is 0 Å². The molecule has 22 heavy (non-hydrogen) atoms. The molecule has 2 aromatic rings. The van der Waals surface area contributed by atoms with Gasteiger partial charge in [-0.25, -0.2) is 0 Å². The average molecular weight is 330 g/mol. The first-order chi connectivity index (χ1) is 10.6. The van der Waals surface area contributed by atoms with Crippen LogP contribution in [0.5, 0.6) is 0 Å². The van der Waals surface area contributed by atoms with Crippen molar-refractivity contribution in [2.75, 3.05) is 0 Å². The van der Waals surface area contributed by atoms with Crippen LogP contribution in [-0.4, -0.2) is 20.9 Å². The second kappa shape index (κ2) is 6.25. The molecule has 110 valence electrons. The molecule has 0 radical (unpaired) electrons. The van der Waals surface area contributed by atoms with Crippen molar-refractivity contribution in [3.63, 3.8) is 0 Å². The highest BCUT2D eigenvalue weighted by Crippen LogP contribution is 2.18. The van der Waals surface area contributed by atoms with E-state index in [1.807, 2.05) is 24.3 Å². The Bertz CT molecular complexity index is 744. The van der Waals surface area contributed by atoms with Crippen LogP contribution in [0.1, 0.15) is 11.1 Å². The third-order valence-electron chi connectivity index (χ3n) is 3.21. The molecule has 1 saturated heterocycles. The topological polar surface area (TPSA) is 45.2 Å². The minimum absolute atomic E-state index is 0.149. The van der Waals surface area contributed by atoms with Gasteiger partial charge in [0.1, 0.15) is 5.70 Å². The normalized spacial score (nSPS) is 16.2. The number of hydrogen-bond donors (Lipinski definition) is 1. The summed E-state index contributed by atoms with van der Waals surface area (Å²) in [5.41, 5.74) is 2.26. The van der Waals surface area contributed by atoms with E-state index in [1.54, 1.807) is 30.6 Å². The summed E-state index contributed by atoms with van der Waals surface area (Å²) in [5, 5.41) is 4.00. The molecule has 1 aromatic heterocycles. The Morgan fingerprint density at radius 1 is 1.27 bits per heavy atom. The summed E-state index contributed by atoms with van der Waals surface area (Å²) in [6.45, 7) is 0.399. The van der Waals surface area contributed by atoms with Crippen molar-refractivity contribution >= 4 is 40.9 Å². The fourth-order valence-corrected chi connectivity index (χ4v) is 2.50. The summed E-state index contributed by atoms with van der Waals surface area (Å²) < 4.78 is 0.